The number of benzene rings is 1. The van der Waals surface area contributed by atoms with E-state index in [0.29, 0.717) is 16.8 Å². The van der Waals surface area contributed by atoms with Gasteiger partial charge in [-0.3, -0.25) is 4.79 Å². The molecule has 1 aromatic carbocycles. The molecule has 8 nitrogen and oxygen atoms in total. The number of hydrogen-bond acceptors (Lipinski definition) is 6. The summed E-state index contributed by atoms with van der Waals surface area (Å²) in [6, 6.07) is 9.29. The minimum atomic E-state index is -0.712. The van der Waals surface area contributed by atoms with Gasteiger partial charge in [0.05, 0.1) is 12.6 Å². The van der Waals surface area contributed by atoms with Gasteiger partial charge in [0.2, 0.25) is 0 Å². The second-order valence-corrected chi connectivity index (χ2v) is 6.84. The largest absolute Gasteiger partial charge is 0.466 e. The number of fused-ring (bicyclic) bond motifs is 3. The van der Waals surface area contributed by atoms with Gasteiger partial charge in [0, 0.05) is 34.1 Å². The Hall–Kier alpha value is -3.94. The summed E-state index contributed by atoms with van der Waals surface area (Å²) in [4.78, 5) is 43.9. The molecular weight excluding hydrogens is 398 g/mol. The number of amides is 1. The number of carbonyl (C=O) groups is 3. The number of ether oxygens (including phenoxy) is 2. The van der Waals surface area contributed by atoms with Crippen LogP contribution in [0, 0.1) is 0 Å². The van der Waals surface area contributed by atoms with Crippen LogP contribution in [0.5, 0.6) is 0 Å². The summed E-state index contributed by atoms with van der Waals surface area (Å²) in [5, 5.41) is 4.17. The third kappa shape index (κ3) is 4.63. The second kappa shape index (κ2) is 9.25. The van der Waals surface area contributed by atoms with Crippen molar-refractivity contribution in [1.29, 1.82) is 0 Å². The fraction of sp³-hybridized carbons (Fsp3) is 0.217. The molecular formula is C23H23N3O5. The molecule has 1 atom stereocenters. The van der Waals surface area contributed by atoms with Crippen LogP contribution in [0.3, 0.4) is 0 Å². The van der Waals surface area contributed by atoms with Gasteiger partial charge in [-0.1, -0.05) is 24.3 Å². The monoisotopic (exact) mass is 421 g/mol. The average molecular weight is 421 g/mol. The number of allylic oxidation sites excluding steroid dienone is 1. The van der Waals surface area contributed by atoms with E-state index in [4.69, 9.17) is 4.74 Å². The van der Waals surface area contributed by atoms with Gasteiger partial charge in [-0.05, 0) is 32.9 Å². The molecule has 0 saturated carbocycles. The van der Waals surface area contributed by atoms with Gasteiger partial charge in [0.25, 0.3) is 5.91 Å². The summed E-state index contributed by atoms with van der Waals surface area (Å²) < 4.78 is 10.1. The summed E-state index contributed by atoms with van der Waals surface area (Å²) in [6.07, 6.45) is 3.23. The SMILES string of the molecule is C/C=C(/C)C(=O)O[C@@H](C)c1nc(C(=O)N/C=C/C(=O)OC)cc2c1[nH]c1ccccc12. The van der Waals surface area contributed by atoms with Crippen molar-refractivity contribution in [1.82, 2.24) is 15.3 Å². The van der Waals surface area contributed by atoms with Crippen molar-refractivity contribution in [2.24, 2.45) is 0 Å². The molecule has 0 aliphatic rings. The summed E-state index contributed by atoms with van der Waals surface area (Å²) >= 11 is 0. The van der Waals surface area contributed by atoms with Crippen molar-refractivity contribution in [3.63, 3.8) is 0 Å². The lowest BCUT2D eigenvalue weighted by atomic mass is 10.1. The van der Waals surface area contributed by atoms with Crippen LogP contribution in [0.2, 0.25) is 0 Å². The number of H-pyrrole nitrogens is 1. The van der Waals surface area contributed by atoms with Crippen LogP contribution in [0.25, 0.3) is 21.8 Å². The van der Waals surface area contributed by atoms with E-state index < -0.39 is 23.9 Å². The fourth-order valence-corrected chi connectivity index (χ4v) is 3.04. The van der Waals surface area contributed by atoms with Crippen molar-refractivity contribution in [3.8, 4) is 0 Å². The molecule has 3 rings (SSSR count). The van der Waals surface area contributed by atoms with Crippen LogP contribution in [-0.4, -0.2) is 34.9 Å². The maximum absolute atomic E-state index is 12.7. The Morgan fingerprint density at radius 2 is 1.94 bits per heavy atom. The number of nitrogens with zero attached hydrogens (tertiary/aromatic N) is 1. The van der Waals surface area contributed by atoms with Gasteiger partial charge in [0.15, 0.2) is 0 Å². The predicted molar refractivity (Wildman–Crippen MR) is 116 cm³/mol. The van der Waals surface area contributed by atoms with Crippen LogP contribution in [0.4, 0.5) is 0 Å². The van der Waals surface area contributed by atoms with Crippen molar-refractivity contribution in [2.45, 2.75) is 26.9 Å². The summed E-state index contributed by atoms with van der Waals surface area (Å²) in [6.45, 7) is 5.12. The minimum absolute atomic E-state index is 0.118. The van der Waals surface area contributed by atoms with Gasteiger partial charge >= 0.3 is 11.9 Å². The molecule has 0 unspecified atom stereocenters. The van der Waals surface area contributed by atoms with Gasteiger partial charge in [-0.15, -0.1) is 0 Å². The van der Waals surface area contributed by atoms with E-state index in [-0.39, 0.29) is 5.69 Å². The Kier molecular flexibility index (Phi) is 6.49. The molecule has 0 radical (unpaired) electrons. The van der Waals surface area contributed by atoms with E-state index in [1.54, 1.807) is 32.9 Å². The van der Waals surface area contributed by atoms with Crippen molar-refractivity contribution >= 4 is 39.7 Å². The number of para-hydroxylation sites is 1. The molecule has 2 heterocycles. The Morgan fingerprint density at radius 1 is 1.19 bits per heavy atom. The van der Waals surface area contributed by atoms with Gasteiger partial charge in [-0.25, -0.2) is 14.6 Å². The molecule has 0 saturated heterocycles. The van der Waals surface area contributed by atoms with E-state index >= 15 is 0 Å². The number of methoxy groups -OCH3 is 1. The lowest BCUT2D eigenvalue weighted by molar-refractivity contribution is -0.143. The lowest BCUT2D eigenvalue weighted by Crippen LogP contribution is -2.20. The van der Waals surface area contributed by atoms with E-state index in [2.05, 4.69) is 20.0 Å². The normalized spacial score (nSPS) is 12.8. The zero-order valence-electron chi connectivity index (χ0n) is 17.7. The number of aromatic amines is 1. The predicted octanol–water partition coefficient (Wildman–Crippen LogP) is 3.70. The van der Waals surface area contributed by atoms with Crippen molar-refractivity contribution in [3.05, 3.63) is 65.6 Å². The standard InChI is InChI=1S/C23H23N3O5/c1-5-13(2)23(29)31-14(3)20-21-16(15-8-6-7-9-17(15)25-21)12-18(26-20)22(28)24-11-10-19(27)30-4/h5-12,14,25H,1-4H3,(H,24,28)/b11-10+,13-5-/t14-/m0/s1. The summed E-state index contributed by atoms with van der Waals surface area (Å²) in [7, 11) is 1.24. The van der Waals surface area contributed by atoms with E-state index in [9.17, 15) is 14.4 Å². The Bertz CT molecular complexity index is 1220. The third-order valence-electron chi connectivity index (χ3n) is 4.82. The number of pyridine rings is 1. The molecule has 0 bridgehead atoms. The lowest BCUT2D eigenvalue weighted by Gasteiger charge is -2.15. The molecule has 2 N–H and O–H groups in total. The first kappa shape index (κ1) is 21.8. The van der Waals surface area contributed by atoms with Crippen molar-refractivity contribution in [2.75, 3.05) is 7.11 Å². The quantitative estimate of drug-likeness (QED) is 0.464. The highest BCUT2D eigenvalue weighted by Gasteiger charge is 2.22. The topological polar surface area (TPSA) is 110 Å². The first-order valence-corrected chi connectivity index (χ1v) is 9.66. The molecule has 0 aliphatic heterocycles. The van der Waals surface area contributed by atoms with Crippen LogP contribution >= 0.6 is 0 Å². The second-order valence-electron chi connectivity index (χ2n) is 6.84. The number of hydrogen-bond donors (Lipinski definition) is 2. The number of aromatic nitrogens is 2. The van der Waals surface area contributed by atoms with E-state index in [0.717, 1.165) is 22.4 Å². The first-order valence-electron chi connectivity index (χ1n) is 9.66. The molecule has 31 heavy (non-hydrogen) atoms. The highest BCUT2D eigenvalue weighted by molar-refractivity contribution is 6.10. The molecule has 2 aromatic heterocycles. The molecule has 0 aliphatic carbocycles. The average Bonchev–Trinajstić information content (AvgIpc) is 3.16. The summed E-state index contributed by atoms with van der Waals surface area (Å²) in [5.41, 5.74) is 2.57. The number of nitrogens with one attached hydrogen (secondary N) is 2. The van der Waals surface area contributed by atoms with Crippen LogP contribution in [0.15, 0.2) is 54.3 Å². The Morgan fingerprint density at radius 3 is 2.65 bits per heavy atom. The molecule has 3 aromatic rings. The van der Waals surface area contributed by atoms with Crippen molar-refractivity contribution < 1.29 is 23.9 Å². The maximum atomic E-state index is 12.7. The zero-order valence-corrected chi connectivity index (χ0v) is 17.7. The van der Waals surface area contributed by atoms with Crippen LogP contribution in [-0.2, 0) is 19.1 Å². The Balaban J connectivity index is 2.06. The highest BCUT2D eigenvalue weighted by atomic mass is 16.5. The minimum Gasteiger partial charge on any atom is -0.466 e. The Labute approximate surface area is 178 Å². The van der Waals surface area contributed by atoms with Gasteiger partial charge in [-0.2, -0.15) is 0 Å². The number of esters is 2. The molecule has 160 valence electrons. The fourth-order valence-electron chi connectivity index (χ4n) is 3.04. The third-order valence-corrected chi connectivity index (χ3v) is 4.82. The maximum Gasteiger partial charge on any atom is 0.334 e. The number of rotatable bonds is 6. The van der Waals surface area contributed by atoms with Crippen LogP contribution in [0.1, 0.15) is 43.1 Å². The zero-order chi connectivity index (χ0) is 22.5. The van der Waals surface area contributed by atoms with E-state index in [1.165, 1.54) is 13.3 Å². The smallest absolute Gasteiger partial charge is 0.334 e. The van der Waals surface area contributed by atoms with Crippen LogP contribution < -0.4 is 5.32 Å². The molecule has 0 spiro atoms. The summed E-state index contributed by atoms with van der Waals surface area (Å²) in [5.74, 6) is -1.57. The van der Waals surface area contributed by atoms with Gasteiger partial charge < -0.3 is 19.8 Å². The van der Waals surface area contributed by atoms with E-state index in [1.807, 2.05) is 24.3 Å². The molecule has 0 fully saturated rings. The first-order chi connectivity index (χ1) is 14.8. The highest BCUT2D eigenvalue weighted by Crippen LogP contribution is 2.31. The van der Waals surface area contributed by atoms with Gasteiger partial charge in [0.1, 0.15) is 17.5 Å². The molecule has 8 heteroatoms. The molecule has 1 amide bonds. The number of carbonyl (C=O) groups excluding carboxylic acids is 3.